The third-order valence-electron chi connectivity index (χ3n) is 3.09. The number of aromatic amines is 1. The number of nitrogens with one attached hydrogen (secondary N) is 2. The molecule has 0 saturated carbocycles. The van der Waals surface area contributed by atoms with Gasteiger partial charge in [-0.1, -0.05) is 45.0 Å². The number of hydrogen-bond donors (Lipinski definition) is 2. The smallest absolute Gasteiger partial charge is 0.0924 e. The van der Waals surface area contributed by atoms with Crippen LogP contribution < -0.4 is 5.32 Å². The Morgan fingerprint density at radius 1 is 1.21 bits per heavy atom. The largest absolute Gasteiger partial charge is 0.311 e. The van der Waals surface area contributed by atoms with Gasteiger partial charge in [-0.25, -0.2) is 0 Å². The van der Waals surface area contributed by atoms with E-state index in [2.05, 4.69) is 66.6 Å². The molecular weight excluding hydrogens is 234 g/mol. The molecule has 0 aliphatic rings. The maximum atomic E-state index is 4.36. The first-order valence-corrected chi connectivity index (χ1v) is 7.03. The van der Waals surface area contributed by atoms with Gasteiger partial charge in [-0.3, -0.25) is 5.10 Å². The molecule has 3 heteroatoms. The second kappa shape index (κ2) is 6.53. The molecule has 0 fully saturated rings. The lowest BCUT2D eigenvalue weighted by Gasteiger charge is -2.05. The Kier molecular flexibility index (Phi) is 4.74. The molecule has 2 N–H and O–H groups in total. The molecule has 0 saturated heterocycles. The van der Waals surface area contributed by atoms with Crippen LogP contribution in [0, 0.1) is 5.92 Å². The van der Waals surface area contributed by atoms with E-state index in [0.717, 1.165) is 30.9 Å². The fourth-order valence-electron chi connectivity index (χ4n) is 2.14. The molecule has 2 aromatic rings. The molecule has 0 spiro atoms. The van der Waals surface area contributed by atoms with E-state index in [0.29, 0.717) is 5.92 Å². The van der Waals surface area contributed by atoms with E-state index >= 15 is 0 Å². The van der Waals surface area contributed by atoms with Gasteiger partial charge in [0.15, 0.2) is 0 Å². The van der Waals surface area contributed by atoms with Crippen LogP contribution in [0.5, 0.6) is 0 Å². The van der Waals surface area contributed by atoms with Crippen LogP contribution in [0.4, 0.5) is 0 Å². The molecule has 0 atom stereocenters. The fourth-order valence-corrected chi connectivity index (χ4v) is 2.14. The molecule has 3 nitrogen and oxygen atoms in total. The Balaban J connectivity index is 2.07. The first-order valence-electron chi connectivity index (χ1n) is 7.03. The Hall–Kier alpha value is -1.61. The molecule has 1 aromatic carbocycles. The zero-order valence-electron chi connectivity index (χ0n) is 12.0. The zero-order chi connectivity index (χ0) is 13.7. The maximum absolute atomic E-state index is 4.36. The van der Waals surface area contributed by atoms with E-state index in [1.165, 1.54) is 11.1 Å². The number of aromatic nitrogens is 2. The van der Waals surface area contributed by atoms with Crippen molar-refractivity contribution in [1.29, 1.82) is 0 Å². The van der Waals surface area contributed by atoms with Crippen LogP contribution >= 0.6 is 0 Å². The minimum atomic E-state index is 0.697. The van der Waals surface area contributed by atoms with E-state index < -0.39 is 0 Å². The second-order valence-electron chi connectivity index (χ2n) is 5.35. The van der Waals surface area contributed by atoms with Crippen molar-refractivity contribution in [1.82, 2.24) is 15.5 Å². The van der Waals surface area contributed by atoms with E-state index in [4.69, 9.17) is 0 Å². The Morgan fingerprint density at radius 3 is 2.58 bits per heavy atom. The fraction of sp³-hybridized carbons (Fsp3) is 0.438. The molecule has 0 aliphatic carbocycles. The molecule has 0 bridgehead atoms. The van der Waals surface area contributed by atoms with E-state index in [1.54, 1.807) is 0 Å². The van der Waals surface area contributed by atoms with Gasteiger partial charge < -0.3 is 5.32 Å². The average molecular weight is 257 g/mol. The molecular formula is C16H23N3. The summed E-state index contributed by atoms with van der Waals surface area (Å²) in [5.74, 6) is 0.697. The third kappa shape index (κ3) is 3.93. The standard InChI is InChI=1S/C16H23N3/c1-4-17-11-15-10-16(19-18-15)14-7-5-13(6-8-14)9-12(2)3/h5-8,10,12,17H,4,9,11H2,1-3H3,(H,18,19). The van der Waals surface area contributed by atoms with Crippen molar-refractivity contribution in [3.8, 4) is 11.3 Å². The summed E-state index contributed by atoms with van der Waals surface area (Å²) in [6.45, 7) is 8.40. The first kappa shape index (κ1) is 13.8. The Labute approximate surface area is 115 Å². The monoisotopic (exact) mass is 257 g/mol. The van der Waals surface area contributed by atoms with Crippen molar-refractivity contribution in [2.45, 2.75) is 33.7 Å². The van der Waals surface area contributed by atoms with Crippen LogP contribution in [0.15, 0.2) is 30.3 Å². The van der Waals surface area contributed by atoms with Gasteiger partial charge in [0.1, 0.15) is 0 Å². The van der Waals surface area contributed by atoms with Gasteiger partial charge >= 0.3 is 0 Å². The third-order valence-corrected chi connectivity index (χ3v) is 3.09. The van der Waals surface area contributed by atoms with Gasteiger partial charge in [0.2, 0.25) is 0 Å². The van der Waals surface area contributed by atoms with Crippen molar-refractivity contribution in [3.63, 3.8) is 0 Å². The summed E-state index contributed by atoms with van der Waals surface area (Å²) in [5, 5.41) is 10.7. The van der Waals surface area contributed by atoms with E-state index in [1.807, 2.05) is 0 Å². The topological polar surface area (TPSA) is 40.7 Å². The van der Waals surface area contributed by atoms with Crippen LogP contribution in [-0.4, -0.2) is 16.7 Å². The van der Waals surface area contributed by atoms with Crippen molar-refractivity contribution in [2.24, 2.45) is 5.92 Å². The number of benzene rings is 1. The molecule has 0 aliphatic heterocycles. The van der Waals surface area contributed by atoms with Gasteiger partial charge in [-0.15, -0.1) is 0 Å². The molecule has 1 heterocycles. The minimum absolute atomic E-state index is 0.697. The molecule has 0 unspecified atom stereocenters. The summed E-state index contributed by atoms with van der Waals surface area (Å²) in [6.07, 6.45) is 1.13. The van der Waals surface area contributed by atoms with Gasteiger partial charge in [-0.2, -0.15) is 5.10 Å². The minimum Gasteiger partial charge on any atom is -0.311 e. The number of hydrogen-bond acceptors (Lipinski definition) is 2. The van der Waals surface area contributed by atoms with Crippen LogP contribution in [0.25, 0.3) is 11.3 Å². The number of nitrogens with zero attached hydrogens (tertiary/aromatic N) is 1. The summed E-state index contributed by atoms with van der Waals surface area (Å²) < 4.78 is 0. The van der Waals surface area contributed by atoms with Gasteiger partial charge in [0, 0.05) is 17.8 Å². The highest BCUT2D eigenvalue weighted by Crippen LogP contribution is 2.19. The first-order chi connectivity index (χ1) is 9.19. The lowest BCUT2D eigenvalue weighted by Crippen LogP contribution is -2.11. The van der Waals surface area contributed by atoms with E-state index in [9.17, 15) is 0 Å². The van der Waals surface area contributed by atoms with Gasteiger partial charge in [0.25, 0.3) is 0 Å². The zero-order valence-corrected chi connectivity index (χ0v) is 12.0. The highest BCUT2D eigenvalue weighted by atomic mass is 15.1. The molecule has 1 aromatic heterocycles. The number of rotatable bonds is 6. The highest BCUT2D eigenvalue weighted by Gasteiger charge is 2.04. The molecule has 0 amide bonds. The second-order valence-corrected chi connectivity index (χ2v) is 5.35. The lowest BCUT2D eigenvalue weighted by atomic mass is 10.0. The number of H-pyrrole nitrogens is 1. The normalized spacial score (nSPS) is 11.2. The molecule has 19 heavy (non-hydrogen) atoms. The predicted molar refractivity (Wildman–Crippen MR) is 79.9 cm³/mol. The predicted octanol–water partition coefficient (Wildman–Crippen LogP) is 3.38. The maximum Gasteiger partial charge on any atom is 0.0924 e. The lowest BCUT2D eigenvalue weighted by molar-refractivity contribution is 0.647. The highest BCUT2D eigenvalue weighted by molar-refractivity contribution is 5.59. The Bertz CT molecular complexity index is 497. The molecule has 0 radical (unpaired) electrons. The summed E-state index contributed by atoms with van der Waals surface area (Å²) >= 11 is 0. The van der Waals surface area contributed by atoms with E-state index in [-0.39, 0.29) is 0 Å². The van der Waals surface area contributed by atoms with Crippen molar-refractivity contribution in [2.75, 3.05) is 6.54 Å². The SMILES string of the molecule is CCNCc1cc(-c2ccc(CC(C)C)cc2)n[nH]1. The van der Waals surface area contributed by atoms with Crippen molar-refractivity contribution in [3.05, 3.63) is 41.6 Å². The average Bonchev–Trinajstić information content (AvgIpc) is 2.85. The summed E-state index contributed by atoms with van der Waals surface area (Å²) in [5.41, 5.74) is 4.71. The van der Waals surface area contributed by atoms with Gasteiger partial charge in [0.05, 0.1) is 5.69 Å². The quantitative estimate of drug-likeness (QED) is 0.833. The van der Waals surface area contributed by atoms with Crippen molar-refractivity contribution < 1.29 is 0 Å². The van der Waals surface area contributed by atoms with Crippen molar-refractivity contribution >= 4 is 0 Å². The molecule has 102 valence electrons. The van der Waals surface area contributed by atoms with Crippen LogP contribution in [0.2, 0.25) is 0 Å². The van der Waals surface area contributed by atoms with Crippen LogP contribution in [-0.2, 0) is 13.0 Å². The summed E-state index contributed by atoms with van der Waals surface area (Å²) in [6, 6.07) is 10.8. The molecule has 2 rings (SSSR count). The van der Waals surface area contributed by atoms with Crippen LogP contribution in [0.1, 0.15) is 32.0 Å². The van der Waals surface area contributed by atoms with Crippen LogP contribution in [0.3, 0.4) is 0 Å². The Morgan fingerprint density at radius 2 is 1.95 bits per heavy atom. The van der Waals surface area contributed by atoms with Gasteiger partial charge in [-0.05, 0) is 30.5 Å². The summed E-state index contributed by atoms with van der Waals surface area (Å²) in [7, 11) is 0. The summed E-state index contributed by atoms with van der Waals surface area (Å²) in [4.78, 5) is 0.